The maximum atomic E-state index is 14.0. The minimum absolute atomic E-state index is 0.121. The van der Waals surface area contributed by atoms with Gasteiger partial charge in [0.15, 0.2) is 4.80 Å². The van der Waals surface area contributed by atoms with Gasteiger partial charge in [0.05, 0.1) is 29.0 Å². The van der Waals surface area contributed by atoms with Crippen molar-refractivity contribution in [1.29, 1.82) is 0 Å². The molecule has 1 aliphatic heterocycles. The van der Waals surface area contributed by atoms with Crippen LogP contribution in [0, 0.1) is 0 Å². The van der Waals surface area contributed by atoms with Crippen LogP contribution in [0.1, 0.15) is 51.8 Å². The van der Waals surface area contributed by atoms with Crippen molar-refractivity contribution >= 4 is 40.6 Å². The van der Waals surface area contributed by atoms with E-state index < -0.39 is 6.04 Å². The lowest BCUT2D eigenvalue weighted by Gasteiger charge is -2.29. The Morgan fingerprint density at radius 1 is 1.08 bits per heavy atom. The molecule has 0 N–H and O–H groups in total. The number of anilines is 1. The number of hydrogen-bond donors (Lipinski definition) is 0. The van der Waals surface area contributed by atoms with E-state index in [9.17, 15) is 9.59 Å². The molecule has 0 saturated heterocycles. The first-order chi connectivity index (χ1) is 18.8. The number of fused-ring (bicyclic) bond motifs is 1. The maximum absolute atomic E-state index is 14.0. The molecule has 7 nitrogen and oxygen atoms in total. The number of aromatic nitrogens is 1. The fourth-order valence-electron chi connectivity index (χ4n) is 4.98. The highest BCUT2D eigenvalue weighted by molar-refractivity contribution is 7.07. The number of carbonyl (C=O) groups excluding carboxylic acids is 1. The molecule has 9 heteroatoms. The highest BCUT2D eigenvalue weighted by Crippen LogP contribution is 2.32. The summed E-state index contributed by atoms with van der Waals surface area (Å²) in [6.45, 7) is 12.9. The van der Waals surface area contributed by atoms with Gasteiger partial charge in [-0.05, 0) is 70.5 Å². The number of hydrogen-bond acceptors (Lipinski definition) is 6. The lowest BCUT2D eigenvalue weighted by atomic mass is 9.94. The first kappa shape index (κ1) is 28.6. The van der Waals surface area contributed by atoms with Gasteiger partial charge in [-0.15, -0.1) is 0 Å². The quantitative estimate of drug-likeness (QED) is 0.379. The lowest BCUT2D eigenvalue weighted by Crippen LogP contribution is -2.43. The molecule has 1 amide bonds. The lowest BCUT2D eigenvalue weighted by molar-refractivity contribution is -0.127. The van der Waals surface area contributed by atoms with Crippen LogP contribution >= 0.6 is 22.9 Å². The Morgan fingerprint density at radius 2 is 1.74 bits per heavy atom. The molecular weight excluding hydrogens is 532 g/mol. The van der Waals surface area contributed by atoms with E-state index in [4.69, 9.17) is 21.3 Å². The predicted octanol–water partition coefficient (Wildman–Crippen LogP) is 4.61. The average molecular weight is 567 g/mol. The number of likely N-dealkylation sites (N-methyl/N-ethyl adjacent to an activating group) is 1. The van der Waals surface area contributed by atoms with Crippen LogP contribution in [-0.4, -0.2) is 48.7 Å². The van der Waals surface area contributed by atoms with Gasteiger partial charge in [-0.2, -0.15) is 0 Å². The summed E-state index contributed by atoms with van der Waals surface area (Å²) in [6, 6.07) is 12.7. The molecule has 39 heavy (non-hydrogen) atoms. The van der Waals surface area contributed by atoms with Crippen LogP contribution in [-0.2, 0) is 4.79 Å². The second-order valence-corrected chi connectivity index (χ2v) is 10.7. The molecule has 4 rings (SSSR count). The second-order valence-electron chi connectivity index (χ2n) is 9.21. The van der Waals surface area contributed by atoms with E-state index in [1.54, 1.807) is 28.7 Å². The van der Waals surface area contributed by atoms with E-state index in [2.05, 4.69) is 18.7 Å². The summed E-state index contributed by atoms with van der Waals surface area (Å²) in [4.78, 5) is 37.0. The van der Waals surface area contributed by atoms with Gasteiger partial charge in [-0.25, -0.2) is 4.99 Å². The third-order valence-corrected chi connectivity index (χ3v) is 8.36. The Labute approximate surface area is 238 Å². The number of carbonyl (C=O) groups is 1. The Bertz CT molecular complexity index is 1560. The van der Waals surface area contributed by atoms with Crippen molar-refractivity contribution in [2.24, 2.45) is 4.99 Å². The second kappa shape index (κ2) is 12.2. The molecule has 0 bridgehead atoms. The summed E-state index contributed by atoms with van der Waals surface area (Å²) in [5, 5.41) is 0.587. The number of nitrogens with zero attached hydrogens (tertiary/aromatic N) is 4. The van der Waals surface area contributed by atoms with Gasteiger partial charge in [-0.3, -0.25) is 14.2 Å². The zero-order chi connectivity index (χ0) is 28.3. The van der Waals surface area contributed by atoms with Gasteiger partial charge < -0.3 is 14.5 Å². The molecule has 0 spiro atoms. The summed E-state index contributed by atoms with van der Waals surface area (Å²) in [5.41, 5.74) is 3.58. The fraction of sp³-hybridized carbons (Fsp3) is 0.367. The van der Waals surface area contributed by atoms with Crippen molar-refractivity contribution in [1.82, 2.24) is 9.47 Å². The summed E-state index contributed by atoms with van der Waals surface area (Å²) >= 11 is 7.50. The third-order valence-electron chi connectivity index (χ3n) is 7.12. The number of thiazole rings is 1. The number of benzene rings is 2. The van der Waals surface area contributed by atoms with Gasteiger partial charge in [0.25, 0.3) is 11.5 Å². The van der Waals surface area contributed by atoms with E-state index in [0.717, 1.165) is 29.9 Å². The molecule has 2 heterocycles. The normalized spacial score (nSPS) is 15.2. The molecule has 0 radical (unpaired) electrons. The molecule has 1 aliphatic rings. The van der Waals surface area contributed by atoms with Crippen molar-refractivity contribution in [2.45, 2.75) is 40.7 Å². The average Bonchev–Trinajstić information content (AvgIpc) is 3.24. The Morgan fingerprint density at radius 3 is 2.33 bits per heavy atom. The van der Waals surface area contributed by atoms with E-state index in [1.165, 1.54) is 11.3 Å². The minimum Gasteiger partial charge on any atom is -0.496 e. The molecule has 0 unspecified atom stereocenters. The van der Waals surface area contributed by atoms with Crippen LogP contribution < -0.4 is 24.5 Å². The molecular formula is C30H35ClN4O3S. The predicted molar refractivity (Wildman–Crippen MR) is 160 cm³/mol. The smallest absolute Gasteiger partial charge is 0.271 e. The number of halogens is 1. The van der Waals surface area contributed by atoms with Gasteiger partial charge in [0.2, 0.25) is 0 Å². The molecule has 2 aromatic carbocycles. The third kappa shape index (κ3) is 5.54. The summed E-state index contributed by atoms with van der Waals surface area (Å²) < 4.78 is 7.86. The molecule has 1 atom stereocenters. The topological polar surface area (TPSA) is 67.1 Å². The van der Waals surface area contributed by atoms with Crippen LogP contribution in [0.15, 0.2) is 63.5 Å². The van der Waals surface area contributed by atoms with Crippen molar-refractivity contribution < 1.29 is 9.53 Å². The maximum Gasteiger partial charge on any atom is 0.271 e. The largest absolute Gasteiger partial charge is 0.496 e. The van der Waals surface area contributed by atoms with Crippen molar-refractivity contribution in [2.75, 3.05) is 38.2 Å². The van der Waals surface area contributed by atoms with Crippen LogP contribution in [0.4, 0.5) is 5.69 Å². The number of amides is 1. The Hall–Kier alpha value is -3.36. The van der Waals surface area contributed by atoms with E-state index in [1.807, 2.05) is 57.2 Å². The molecule has 0 aliphatic carbocycles. The van der Waals surface area contributed by atoms with Gasteiger partial charge in [0, 0.05) is 48.5 Å². The van der Waals surface area contributed by atoms with E-state index in [0.29, 0.717) is 44.5 Å². The molecule has 0 fully saturated rings. The van der Waals surface area contributed by atoms with Crippen LogP contribution in [0.2, 0.25) is 5.02 Å². The van der Waals surface area contributed by atoms with Crippen LogP contribution in [0.25, 0.3) is 6.08 Å². The fourth-order valence-corrected chi connectivity index (χ4v) is 6.15. The highest BCUT2D eigenvalue weighted by atomic mass is 35.5. The van der Waals surface area contributed by atoms with E-state index in [-0.39, 0.29) is 11.5 Å². The van der Waals surface area contributed by atoms with Crippen LogP contribution in [0.3, 0.4) is 0 Å². The van der Waals surface area contributed by atoms with Crippen molar-refractivity contribution in [3.8, 4) is 5.75 Å². The molecule has 0 saturated carbocycles. The standard InChI is InChI=1S/C30H35ClN4O3S/c1-7-33(8-2)23-16-13-21(24(18-23)38-6)17-25-28(36)35-27(20-11-14-22(31)15-12-20)26(19(5)32-30(35)39-25)29(37)34(9-3)10-4/h11-18,27H,7-10H2,1-6H3/b25-17+/t27-/m1/s1. The van der Waals surface area contributed by atoms with Gasteiger partial charge in [0.1, 0.15) is 5.75 Å². The molecule has 206 valence electrons. The SMILES string of the molecule is CCN(CC)C(=O)C1=C(C)N=c2s/c(=C/c3ccc(N(CC)CC)cc3OC)c(=O)n2[C@@H]1c1ccc(Cl)cc1. The van der Waals surface area contributed by atoms with Crippen molar-refractivity contribution in [3.05, 3.63) is 89.6 Å². The molecule has 3 aromatic rings. The molecule has 1 aromatic heterocycles. The first-order valence-corrected chi connectivity index (χ1v) is 14.5. The summed E-state index contributed by atoms with van der Waals surface area (Å²) in [6.07, 6.45) is 1.85. The zero-order valence-corrected chi connectivity index (χ0v) is 24.9. The number of allylic oxidation sites excluding steroid dienone is 1. The highest BCUT2D eigenvalue weighted by Gasteiger charge is 2.34. The monoisotopic (exact) mass is 566 g/mol. The number of rotatable bonds is 9. The Balaban J connectivity index is 1.91. The number of ether oxygens (including phenoxy) is 1. The summed E-state index contributed by atoms with van der Waals surface area (Å²) in [7, 11) is 1.63. The Kier molecular flexibility index (Phi) is 8.97. The van der Waals surface area contributed by atoms with Crippen LogP contribution in [0.5, 0.6) is 5.75 Å². The minimum atomic E-state index is -0.610. The van der Waals surface area contributed by atoms with E-state index >= 15 is 0 Å². The van der Waals surface area contributed by atoms with Gasteiger partial charge in [-0.1, -0.05) is 35.1 Å². The van der Waals surface area contributed by atoms with Gasteiger partial charge >= 0.3 is 0 Å². The first-order valence-electron chi connectivity index (χ1n) is 13.3. The summed E-state index contributed by atoms with van der Waals surface area (Å²) in [5.74, 6) is 0.567. The van der Waals surface area contributed by atoms with Crippen molar-refractivity contribution in [3.63, 3.8) is 0 Å². The zero-order valence-electron chi connectivity index (χ0n) is 23.3. The number of methoxy groups -OCH3 is 1.